The van der Waals surface area contributed by atoms with E-state index in [-0.39, 0.29) is 21.6 Å². The molecule has 1 aromatic carbocycles. The lowest BCUT2D eigenvalue weighted by molar-refractivity contribution is -0.385. The van der Waals surface area contributed by atoms with Crippen molar-refractivity contribution >= 4 is 27.3 Å². The van der Waals surface area contributed by atoms with Gasteiger partial charge in [0.05, 0.1) is 9.95 Å². The third kappa shape index (κ3) is 4.15. The summed E-state index contributed by atoms with van der Waals surface area (Å²) in [4.78, 5) is 9.91. The maximum atomic E-state index is 12.6. The number of rotatable bonds is 6. The smallest absolute Gasteiger partial charge is 0.258 e. The van der Waals surface area contributed by atoms with Gasteiger partial charge in [0, 0.05) is 25.2 Å². The van der Waals surface area contributed by atoms with Gasteiger partial charge in [-0.1, -0.05) is 25.4 Å². The number of nitro benzene ring substituents is 1. The maximum absolute atomic E-state index is 12.6. The van der Waals surface area contributed by atoms with Crippen molar-refractivity contribution < 1.29 is 13.3 Å². The molecule has 0 fully saturated rings. The van der Waals surface area contributed by atoms with Crippen LogP contribution in [0, 0.1) is 16.0 Å². The van der Waals surface area contributed by atoms with Crippen LogP contribution in [0.4, 0.5) is 5.69 Å². The van der Waals surface area contributed by atoms with E-state index in [1.807, 2.05) is 13.8 Å². The molecule has 1 aromatic rings. The van der Waals surface area contributed by atoms with Gasteiger partial charge in [-0.05, 0) is 25.3 Å². The highest BCUT2D eigenvalue weighted by atomic mass is 35.5. The number of nitrogens with zero attached hydrogens (tertiary/aromatic N) is 2. The van der Waals surface area contributed by atoms with Gasteiger partial charge in [0.1, 0.15) is 4.90 Å². The van der Waals surface area contributed by atoms with Crippen molar-refractivity contribution in [3.8, 4) is 0 Å². The Morgan fingerprint density at radius 1 is 1.33 bits per heavy atom. The van der Waals surface area contributed by atoms with E-state index in [0.717, 1.165) is 6.07 Å². The van der Waals surface area contributed by atoms with Gasteiger partial charge in [0.15, 0.2) is 0 Å². The quantitative estimate of drug-likeness (QED) is 0.590. The first kappa shape index (κ1) is 17.9. The Kier molecular flexibility index (Phi) is 5.72. The van der Waals surface area contributed by atoms with Crippen LogP contribution in [0.5, 0.6) is 0 Å². The number of hydrogen-bond donors (Lipinski definition) is 0. The first-order valence-corrected chi connectivity index (χ1v) is 8.31. The van der Waals surface area contributed by atoms with Crippen molar-refractivity contribution in [2.75, 3.05) is 7.05 Å². The van der Waals surface area contributed by atoms with Gasteiger partial charge in [-0.25, -0.2) is 8.42 Å². The molecule has 0 bridgehead atoms. The first-order valence-electron chi connectivity index (χ1n) is 6.49. The highest BCUT2D eigenvalue weighted by molar-refractivity contribution is 7.89. The minimum Gasteiger partial charge on any atom is -0.258 e. The van der Waals surface area contributed by atoms with E-state index in [4.69, 9.17) is 11.6 Å². The third-order valence-electron chi connectivity index (χ3n) is 3.22. The molecule has 118 valence electrons. The van der Waals surface area contributed by atoms with Crippen molar-refractivity contribution in [3.05, 3.63) is 33.3 Å². The number of nitro groups is 1. The van der Waals surface area contributed by atoms with Gasteiger partial charge >= 0.3 is 0 Å². The highest BCUT2D eigenvalue weighted by Gasteiger charge is 2.29. The Hall–Kier alpha value is -1.18. The minimum absolute atomic E-state index is 0.0239. The molecule has 0 radical (unpaired) electrons. The summed E-state index contributed by atoms with van der Waals surface area (Å²) in [7, 11) is -2.42. The van der Waals surface area contributed by atoms with Gasteiger partial charge in [-0.3, -0.25) is 10.1 Å². The topological polar surface area (TPSA) is 80.5 Å². The summed E-state index contributed by atoms with van der Waals surface area (Å²) in [5.41, 5.74) is -0.303. The van der Waals surface area contributed by atoms with Crippen molar-refractivity contribution in [2.24, 2.45) is 5.92 Å². The maximum Gasteiger partial charge on any atom is 0.270 e. The minimum atomic E-state index is -3.87. The van der Waals surface area contributed by atoms with Gasteiger partial charge < -0.3 is 0 Å². The molecule has 0 aliphatic rings. The number of benzene rings is 1. The van der Waals surface area contributed by atoms with E-state index in [1.54, 1.807) is 6.92 Å². The van der Waals surface area contributed by atoms with Crippen molar-refractivity contribution in [3.63, 3.8) is 0 Å². The fourth-order valence-electron chi connectivity index (χ4n) is 2.03. The number of halogens is 1. The van der Waals surface area contributed by atoms with Crippen LogP contribution in [0.3, 0.4) is 0 Å². The summed E-state index contributed by atoms with van der Waals surface area (Å²) in [5.74, 6) is 0.332. The molecule has 0 saturated carbocycles. The van der Waals surface area contributed by atoms with Crippen molar-refractivity contribution in [1.82, 2.24) is 4.31 Å². The first-order chi connectivity index (χ1) is 9.57. The van der Waals surface area contributed by atoms with Crippen LogP contribution in [-0.4, -0.2) is 30.7 Å². The zero-order valence-corrected chi connectivity index (χ0v) is 14.0. The Bertz CT molecular complexity index is 631. The molecule has 0 saturated heterocycles. The van der Waals surface area contributed by atoms with Gasteiger partial charge in [-0.15, -0.1) is 0 Å². The Morgan fingerprint density at radius 2 is 1.90 bits per heavy atom. The second kappa shape index (κ2) is 6.72. The zero-order chi connectivity index (χ0) is 16.4. The van der Waals surface area contributed by atoms with E-state index in [2.05, 4.69) is 0 Å². The van der Waals surface area contributed by atoms with E-state index >= 15 is 0 Å². The van der Waals surface area contributed by atoms with Crippen LogP contribution in [0.25, 0.3) is 0 Å². The molecule has 0 spiro atoms. The normalized spacial score (nSPS) is 13.7. The lowest BCUT2D eigenvalue weighted by Crippen LogP contribution is -2.36. The molecule has 6 nitrogen and oxygen atoms in total. The Morgan fingerprint density at radius 3 is 2.38 bits per heavy atom. The summed E-state index contributed by atoms with van der Waals surface area (Å²) >= 11 is 5.91. The van der Waals surface area contributed by atoms with Crippen LogP contribution in [0.2, 0.25) is 5.02 Å². The second-order valence-electron chi connectivity index (χ2n) is 5.37. The molecule has 1 rings (SSSR count). The van der Waals surface area contributed by atoms with E-state index in [9.17, 15) is 18.5 Å². The number of non-ortho nitro benzene ring substituents is 1. The predicted octanol–water partition coefficient (Wildman–Crippen LogP) is 3.30. The van der Waals surface area contributed by atoms with Gasteiger partial charge in [0.25, 0.3) is 5.69 Å². The highest BCUT2D eigenvalue weighted by Crippen LogP contribution is 2.29. The fraction of sp³-hybridized carbons (Fsp3) is 0.538. The van der Waals surface area contributed by atoms with E-state index in [1.165, 1.54) is 23.5 Å². The average molecular weight is 335 g/mol. The molecule has 1 atom stereocenters. The number of hydrogen-bond acceptors (Lipinski definition) is 4. The fourth-order valence-corrected chi connectivity index (χ4v) is 3.89. The molecule has 1 unspecified atom stereocenters. The molecule has 0 heterocycles. The monoisotopic (exact) mass is 334 g/mol. The standard InChI is InChI=1S/C13H19ClN2O4S/c1-9(2)7-10(3)15(4)21(19,20)13-8-11(16(17)18)5-6-12(13)14/h5-6,8-10H,7H2,1-4H3. The summed E-state index contributed by atoms with van der Waals surface area (Å²) in [6.45, 7) is 5.79. The predicted molar refractivity (Wildman–Crippen MR) is 82.0 cm³/mol. The largest absolute Gasteiger partial charge is 0.270 e. The average Bonchev–Trinajstić information content (AvgIpc) is 2.36. The van der Waals surface area contributed by atoms with Crippen molar-refractivity contribution in [1.29, 1.82) is 0 Å². The van der Waals surface area contributed by atoms with Gasteiger partial charge in [-0.2, -0.15) is 4.31 Å². The summed E-state index contributed by atoms with van der Waals surface area (Å²) in [6, 6.07) is 3.17. The SMILES string of the molecule is CC(C)CC(C)N(C)S(=O)(=O)c1cc([N+](=O)[O-])ccc1Cl. The van der Waals surface area contributed by atoms with Gasteiger partial charge in [0.2, 0.25) is 10.0 Å². The summed E-state index contributed by atoms with van der Waals surface area (Å²) in [5, 5.41) is 10.8. The lowest BCUT2D eigenvalue weighted by atomic mass is 10.1. The molecule has 21 heavy (non-hydrogen) atoms. The van der Waals surface area contributed by atoms with Crippen LogP contribution in [0.15, 0.2) is 23.1 Å². The van der Waals surface area contributed by atoms with Crippen LogP contribution in [-0.2, 0) is 10.0 Å². The summed E-state index contributed by atoms with van der Waals surface area (Å²) < 4.78 is 26.3. The molecule has 0 aliphatic carbocycles. The molecule has 0 amide bonds. The Balaban J connectivity index is 3.24. The van der Waals surface area contributed by atoms with E-state index < -0.39 is 14.9 Å². The van der Waals surface area contributed by atoms with Crippen LogP contribution < -0.4 is 0 Å². The van der Waals surface area contributed by atoms with Crippen LogP contribution >= 0.6 is 11.6 Å². The van der Waals surface area contributed by atoms with E-state index in [0.29, 0.717) is 12.3 Å². The molecular weight excluding hydrogens is 316 g/mol. The summed E-state index contributed by atoms with van der Waals surface area (Å²) in [6.07, 6.45) is 0.683. The van der Waals surface area contributed by atoms with Crippen LogP contribution in [0.1, 0.15) is 27.2 Å². The third-order valence-corrected chi connectivity index (χ3v) is 5.67. The molecular formula is C13H19ClN2O4S. The Labute approximate surface area is 129 Å². The number of sulfonamides is 1. The molecule has 8 heteroatoms. The lowest BCUT2D eigenvalue weighted by Gasteiger charge is -2.25. The second-order valence-corrected chi connectivity index (χ2v) is 7.74. The van der Waals surface area contributed by atoms with Crippen molar-refractivity contribution in [2.45, 2.75) is 38.1 Å². The zero-order valence-electron chi connectivity index (χ0n) is 12.4. The molecule has 0 aromatic heterocycles. The molecule has 0 N–H and O–H groups in total. The molecule has 0 aliphatic heterocycles.